The van der Waals surface area contributed by atoms with E-state index in [4.69, 9.17) is 4.74 Å². The van der Waals surface area contributed by atoms with E-state index >= 15 is 0 Å². The summed E-state index contributed by atoms with van der Waals surface area (Å²) in [5.74, 6) is 0.470. The van der Waals surface area contributed by atoms with Gasteiger partial charge in [-0.1, -0.05) is 31.9 Å². The van der Waals surface area contributed by atoms with Gasteiger partial charge < -0.3 is 10.1 Å². The fourth-order valence-electron chi connectivity index (χ4n) is 3.73. The summed E-state index contributed by atoms with van der Waals surface area (Å²) in [4.78, 5) is 0. The van der Waals surface area contributed by atoms with Crippen molar-refractivity contribution < 1.29 is 9.13 Å². The summed E-state index contributed by atoms with van der Waals surface area (Å²) in [6.07, 6.45) is 4.50. The zero-order chi connectivity index (χ0) is 14.6. The smallest absolute Gasteiger partial charge is 0.123 e. The number of hydrogen-bond acceptors (Lipinski definition) is 2. The van der Waals surface area contributed by atoms with Crippen molar-refractivity contribution in [3.63, 3.8) is 0 Å². The molecule has 1 aliphatic carbocycles. The predicted octanol–water partition coefficient (Wildman–Crippen LogP) is 4.07. The molecule has 1 N–H and O–H groups in total. The minimum atomic E-state index is -0.213. The second-order valence-corrected chi connectivity index (χ2v) is 5.98. The molecule has 0 amide bonds. The maximum atomic E-state index is 13.5. The van der Waals surface area contributed by atoms with E-state index in [2.05, 4.69) is 12.2 Å². The highest BCUT2D eigenvalue weighted by atomic mass is 19.1. The molecule has 0 aromatic heterocycles. The van der Waals surface area contributed by atoms with Crippen LogP contribution >= 0.6 is 0 Å². The summed E-state index contributed by atoms with van der Waals surface area (Å²) in [5, 5.41) is 3.37. The van der Waals surface area contributed by atoms with E-state index in [-0.39, 0.29) is 17.5 Å². The Kier molecular flexibility index (Phi) is 5.17. The standard InChI is InChI=1S/C17H26FNO/c1-4-20-17(10-6-7-13(2)12-17)16(19-3)14-8-5-9-15(18)11-14/h5,8-9,11,13,16,19H,4,6-7,10,12H2,1-3H3. The van der Waals surface area contributed by atoms with Crippen LogP contribution in [0, 0.1) is 11.7 Å². The van der Waals surface area contributed by atoms with Crippen LogP contribution in [0.4, 0.5) is 4.39 Å². The first-order valence-electron chi connectivity index (χ1n) is 7.68. The van der Waals surface area contributed by atoms with Crippen LogP contribution < -0.4 is 5.32 Å². The average molecular weight is 279 g/mol. The molecule has 0 aliphatic heterocycles. The molecule has 1 fully saturated rings. The molecule has 0 heterocycles. The molecule has 0 saturated heterocycles. The molecule has 1 aliphatic rings. The van der Waals surface area contributed by atoms with Crippen molar-refractivity contribution in [3.05, 3.63) is 35.6 Å². The topological polar surface area (TPSA) is 21.3 Å². The number of ether oxygens (including phenoxy) is 1. The Balaban J connectivity index is 2.34. The second-order valence-electron chi connectivity index (χ2n) is 5.98. The molecule has 0 radical (unpaired) electrons. The highest BCUT2D eigenvalue weighted by molar-refractivity contribution is 5.24. The van der Waals surface area contributed by atoms with Gasteiger partial charge in [0.05, 0.1) is 11.6 Å². The first kappa shape index (κ1) is 15.5. The Morgan fingerprint density at radius 1 is 1.50 bits per heavy atom. The van der Waals surface area contributed by atoms with Crippen LogP contribution in [0.5, 0.6) is 0 Å². The maximum absolute atomic E-state index is 13.5. The normalized spacial score (nSPS) is 28.3. The summed E-state index contributed by atoms with van der Waals surface area (Å²) in [6.45, 7) is 5.02. The Hall–Kier alpha value is -0.930. The maximum Gasteiger partial charge on any atom is 0.123 e. The summed E-state index contributed by atoms with van der Waals surface area (Å²) in [6, 6.07) is 6.93. The molecule has 2 rings (SSSR count). The number of rotatable bonds is 5. The third kappa shape index (κ3) is 3.21. The largest absolute Gasteiger partial charge is 0.373 e. The zero-order valence-corrected chi connectivity index (χ0v) is 12.8. The summed E-state index contributed by atoms with van der Waals surface area (Å²) in [7, 11) is 1.94. The van der Waals surface area contributed by atoms with Crippen LogP contribution in [0.15, 0.2) is 24.3 Å². The molecule has 0 spiro atoms. The molecule has 20 heavy (non-hydrogen) atoms. The van der Waals surface area contributed by atoms with Crippen molar-refractivity contribution in [2.24, 2.45) is 5.92 Å². The quantitative estimate of drug-likeness (QED) is 0.877. The van der Waals surface area contributed by atoms with Gasteiger partial charge in [0.2, 0.25) is 0 Å². The number of hydrogen-bond donors (Lipinski definition) is 1. The predicted molar refractivity (Wildman–Crippen MR) is 80.2 cm³/mol. The number of benzene rings is 1. The van der Waals surface area contributed by atoms with Crippen LogP contribution in [0.3, 0.4) is 0 Å². The van der Waals surface area contributed by atoms with Gasteiger partial charge in [0.1, 0.15) is 5.82 Å². The highest BCUT2D eigenvalue weighted by Gasteiger charge is 2.42. The lowest BCUT2D eigenvalue weighted by molar-refractivity contribution is -0.100. The Bertz CT molecular complexity index is 433. The van der Waals surface area contributed by atoms with Crippen molar-refractivity contribution in [2.75, 3.05) is 13.7 Å². The van der Waals surface area contributed by atoms with Crippen molar-refractivity contribution in [1.29, 1.82) is 0 Å². The Labute approximate surface area is 121 Å². The summed E-state index contributed by atoms with van der Waals surface area (Å²) < 4.78 is 19.8. The van der Waals surface area contributed by atoms with E-state index in [0.717, 1.165) is 18.4 Å². The van der Waals surface area contributed by atoms with Crippen LogP contribution in [0.2, 0.25) is 0 Å². The van der Waals surface area contributed by atoms with E-state index in [1.54, 1.807) is 12.1 Å². The minimum absolute atomic E-state index is 0.0425. The highest BCUT2D eigenvalue weighted by Crippen LogP contribution is 2.43. The summed E-state index contributed by atoms with van der Waals surface area (Å²) >= 11 is 0. The number of nitrogens with one attached hydrogen (secondary N) is 1. The van der Waals surface area contributed by atoms with E-state index in [9.17, 15) is 4.39 Å². The molecular weight excluding hydrogens is 253 g/mol. The van der Waals surface area contributed by atoms with Gasteiger partial charge >= 0.3 is 0 Å². The SMILES string of the molecule is CCOC1(C(NC)c2cccc(F)c2)CCCC(C)C1. The van der Waals surface area contributed by atoms with Crippen LogP contribution in [-0.2, 0) is 4.74 Å². The lowest BCUT2D eigenvalue weighted by atomic mass is 9.72. The van der Waals surface area contributed by atoms with Gasteiger partial charge in [-0.05, 0) is 50.4 Å². The van der Waals surface area contributed by atoms with Crippen molar-refractivity contribution in [2.45, 2.75) is 51.2 Å². The van der Waals surface area contributed by atoms with Gasteiger partial charge in [-0.3, -0.25) is 0 Å². The minimum Gasteiger partial charge on any atom is -0.373 e. The molecule has 3 atom stereocenters. The molecule has 0 bridgehead atoms. The molecule has 3 heteroatoms. The van der Waals surface area contributed by atoms with E-state index in [0.29, 0.717) is 12.5 Å². The van der Waals surface area contributed by atoms with Gasteiger partial charge in [-0.2, -0.15) is 0 Å². The van der Waals surface area contributed by atoms with E-state index in [1.165, 1.54) is 18.9 Å². The molecule has 1 aromatic rings. The van der Waals surface area contributed by atoms with Gasteiger partial charge in [0.15, 0.2) is 0 Å². The van der Waals surface area contributed by atoms with Crippen LogP contribution in [-0.4, -0.2) is 19.3 Å². The van der Waals surface area contributed by atoms with Crippen molar-refractivity contribution in [1.82, 2.24) is 5.32 Å². The molecule has 1 aromatic carbocycles. The fourth-order valence-corrected chi connectivity index (χ4v) is 3.73. The molecule has 3 unspecified atom stereocenters. The summed E-state index contributed by atoms with van der Waals surface area (Å²) in [5.41, 5.74) is 0.768. The zero-order valence-electron chi connectivity index (χ0n) is 12.8. The van der Waals surface area contributed by atoms with Gasteiger partial charge in [0.25, 0.3) is 0 Å². The van der Waals surface area contributed by atoms with E-state index in [1.807, 2.05) is 20.0 Å². The third-order valence-corrected chi connectivity index (χ3v) is 4.42. The lowest BCUT2D eigenvalue weighted by Gasteiger charge is -2.45. The van der Waals surface area contributed by atoms with E-state index < -0.39 is 0 Å². The first-order chi connectivity index (χ1) is 9.61. The average Bonchev–Trinajstić information content (AvgIpc) is 2.39. The first-order valence-corrected chi connectivity index (χ1v) is 7.68. The molecule has 2 nitrogen and oxygen atoms in total. The van der Waals surface area contributed by atoms with Crippen molar-refractivity contribution in [3.8, 4) is 0 Å². The van der Waals surface area contributed by atoms with Gasteiger partial charge in [-0.15, -0.1) is 0 Å². The number of likely N-dealkylation sites (N-methyl/N-ethyl adjacent to an activating group) is 1. The van der Waals surface area contributed by atoms with Gasteiger partial charge in [-0.25, -0.2) is 4.39 Å². The third-order valence-electron chi connectivity index (χ3n) is 4.42. The molecule has 112 valence electrons. The van der Waals surface area contributed by atoms with Crippen molar-refractivity contribution >= 4 is 0 Å². The number of halogens is 1. The second kappa shape index (κ2) is 6.68. The van der Waals surface area contributed by atoms with Gasteiger partial charge in [0, 0.05) is 6.61 Å². The molecule has 1 saturated carbocycles. The monoisotopic (exact) mass is 279 g/mol. The molecular formula is C17H26FNO. The van der Waals surface area contributed by atoms with Crippen LogP contribution in [0.25, 0.3) is 0 Å². The Morgan fingerprint density at radius 3 is 2.90 bits per heavy atom. The fraction of sp³-hybridized carbons (Fsp3) is 0.647. The lowest BCUT2D eigenvalue weighted by Crippen LogP contribution is -2.48. The van der Waals surface area contributed by atoms with Crippen LogP contribution in [0.1, 0.15) is 51.1 Å². The Morgan fingerprint density at radius 2 is 2.30 bits per heavy atom.